The van der Waals surface area contributed by atoms with Crippen molar-refractivity contribution in [2.24, 2.45) is 0 Å². The van der Waals surface area contributed by atoms with Gasteiger partial charge in [-0.05, 0) is 24.6 Å². The summed E-state index contributed by atoms with van der Waals surface area (Å²) >= 11 is 0. The Hall–Kier alpha value is -3.63. The lowest BCUT2D eigenvalue weighted by atomic mass is 10.2. The third kappa shape index (κ3) is 4.16. The first kappa shape index (κ1) is 20.6. The van der Waals surface area contributed by atoms with E-state index in [1.54, 1.807) is 23.8 Å². The minimum Gasteiger partial charge on any atom is -0.493 e. The van der Waals surface area contributed by atoms with E-state index >= 15 is 0 Å². The van der Waals surface area contributed by atoms with Crippen molar-refractivity contribution in [3.8, 4) is 11.5 Å². The lowest BCUT2D eigenvalue weighted by Crippen LogP contribution is -2.52. The number of hydrogen-bond acceptors (Lipinski definition) is 8. The van der Waals surface area contributed by atoms with Crippen LogP contribution in [0.25, 0.3) is 11.2 Å². The molecule has 1 aromatic carbocycles. The van der Waals surface area contributed by atoms with Gasteiger partial charge in [0.05, 0.1) is 14.2 Å². The number of anilines is 1. The van der Waals surface area contributed by atoms with Crippen LogP contribution in [0.15, 0.2) is 24.5 Å². The van der Waals surface area contributed by atoms with Gasteiger partial charge in [-0.3, -0.25) is 0 Å². The van der Waals surface area contributed by atoms with Crippen LogP contribution in [-0.4, -0.2) is 76.3 Å². The number of urea groups is 1. The van der Waals surface area contributed by atoms with Gasteiger partial charge < -0.3 is 24.6 Å². The molecular weight excluding hydrogens is 400 g/mol. The SMILES string of the molecule is CCn1nnc2c(N3CCN(C(=O)NCc4ccc(OC)c(OC)c4)CC3)ncnc21. The maximum absolute atomic E-state index is 12.6. The number of amides is 2. The van der Waals surface area contributed by atoms with Crippen LogP contribution in [0.5, 0.6) is 11.5 Å². The minimum absolute atomic E-state index is 0.0980. The summed E-state index contributed by atoms with van der Waals surface area (Å²) < 4.78 is 12.3. The van der Waals surface area contributed by atoms with Gasteiger partial charge in [0.1, 0.15) is 6.33 Å². The van der Waals surface area contributed by atoms with Crippen LogP contribution in [0.3, 0.4) is 0 Å². The molecule has 1 saturated heterocycles. The van der Waals surface area contributed by atoms with E-state index in [1.807, 2.05) is 25.1 Å². The molecule has 3 heterocycles. The van der Waals surface area contributed by atoms with E-state index in [1.165, 1.54) is 6.33 Å². The normalized spacial score (nSPS) is 14.0. The Kier molecular flexibility index (Phi) is 6.01. The highest BCUT2D eigenvalue weighted by atomic mass is 16.5. The Morgan fingerprint density at radius 2 is 1.87 bits per heavy atom. The predicted octanol–water partition coefficient (Wildman–Crippen LogP) is 1.29. The first-order valence-corrected chi connectivity index (χ1v) is 10.2. The van der Waals surface area contributed by atoms with E-state index in [9.17, 15) is 4.79 Å². The summed E-state index contributed by atoms with van der Waals surface area (Å²) in [7, 11) is 3.19. The van der Waals surface area contributed by atoms with Gasteiger partial charge in [0.15, 0.2) is 28.5 Å². The number of piperazine rings is 1. The summed E-state index contributed by atoms with van der Waals surface area (Å²) in [6, 6.07) is 5.50. The van der Waals surface area contributed by atoms with Gasteiger partial charge in [-0.1, -0.05) is 11.3 Å². The molecule has 2 amide bonds. The summed E-state index contributed by atoms with van der Waals surface area (Å²) in [6.07, 6.45) is 1.54. The molecule has 11 nitrogen and oxygen atoms in total. The topological polar surface area (TPSA) is 111 Å². The van der Waals surface area contributed by atoms with Crippen molar-refractivity contribution in [3.63, 3.8) is 0 Å². The number of nitrogens with zero attached hydrogens (tertiary/aromatic N) is 7. The highest BCUT2D eigenvalue weighted by Crippen LogP contribution is 2.27. The number of aryl methyl sites for hydroxylation is 1. The number of aromatic nitrogens is 5. The number of ether oxygens (including phenoxy) is 2. The van der Waals surface area contributed by atoms with Crippen LogP contribution < -0.4 is 19.7 Å². The molecule has 164 valence electrons. The Labute approximate surface area is 180 Å². The van der Waals surface area contributed by atoms with Crippen molar-refractivity contribution in [1.29, 1.82) is 0 Å². The molecule has 0 radical (unpaired) electrons. The largest absolute Gasteiger partial charge is 0.493 e. The summed E-state index contributed by atoms with van der Waals surface area (Å²) in [4.78, 5) is 25.3. The third-order valence-electron chi connectivity index (χ3n) is 5.34. The molecule has 31 heavy (non-hydrogen) atoms. The first-order chi connectivity index (χ1) is 15.1. The highest BCUT2D eigenvalue weighted by Gasteiger charge is 2.24. The van der Waals surface area contributed by atoms with E-state index < -0.39 is 0 Å². The summed E-state index contributed by atoms with van der Waals surface area (Å²) in [5.41, 5.74) is 2.35. The molecule has 0 aliphatic carbocycles. The van der Waals surface area contributed by atoms with Crippen molar-refractivity contribution in [1.82, 2.24) is 35.2 Å². The molecule has 0 spiro atoms. The highest BCUT2D eigenvalue weighted by molar-refractivity contribution is 5.82. The van der Waals surface area contributed by atoms with Crippen molar-refractivity contribution in [2.45, 2.75) is 20.0 Å². The summed E-state index contributed by atoms with van der Waals surface area (Å²) in [5.74, 6) is 2.06. The number of benzene rings is 1. The van der Waals surface area contributed by atoms with Crippen molar-refractivity contribution >= 4 is 23.0 Å². The second-order valence-electron chi connectivity index (χ2n) is 7.10. The average Bonchev–Trinajstić information content (AvgIpc) is 3.25. The first-order valence-electron chi connectivity index (χ1n) is 10.2. The molecule has 0 unspecified atom stereocenters. The Bertz CT molecular complexity index is 1060. The van der Waals surface area contributed by atoms with Crippen LogP contribution in [0.1, 0.15) is 12.5 Å². The number of nitrogens with one attached hydrogen (secondary N) is 1. The maximum Gasteiger partial charge on any atom is 0.317 e. The smallest absolute Gasteiger partial charge is 0.317 e. The van der Waals surface area contributed by atoms with Gasteiger partial charge in [-0.2, -0.15) is 0 Å². The molecule has 3 aromatic rings. The predicted molar refractivity (Wildman–Crippen MR) is 114 cm³/mol. The molecular formula is C20H26N8O3. The zero-order chi connectivity index (χ0) is 21.8. The Morgan fingerprint density at radius 1 is 1.10 bits per heavy atom. The Balaban J connectivity index is 1.35. The molecule has 1 fully saturated rings. The molecule has 0 saturated carbocycles. The molecule has 1 aliphatic rings. The van der Waals surface area contributed by atoms with E-state index in [0.29, 0.717) is 56.3 Å². The second-order valence-corrected chi connectivity index (χ2v) is 7.10. The lowest BCUT2D eigenvalue weighted by Gasteiger charge is -2.35. The van der Waals surface area contributed by atoms with Crippen LogP contribution in [0.4, 0.5) is 10.6 Å². The quantitative estimate of drug-likeness (QED) is 0.628. The average molecular weight is 426 g/mol. The number of rotatable bonds is 6. The zero-order valence-electron chi connectivity index (χ0n) is 17.9. The summed E-state index contributed by atoms with van der Waals surface area (Å²) in [5, 5.41) is 11.4. The fourth-order valence-corrected chi connectivity index (χ4v) is 3.63. The van der Waals surface area contributed by atoms with Gasteiger partial charge in [0, 0.05) is 39.3 Å². The van der Waals surface area contributed by atoms with Crippen LogP contribution in [-0.2, 0) is 13.1 Å². The van der Waals surface area contributed by atoms with Crippen LogP contribution in [0, 0.1) is 0 Å². The maximum atomic E-state index is 12.6. The van der Waals surface area contributed by atoms with E-state index in [2.05, 4.69) is 30.5 Å². The number of fused-ring (bicyclic) bond motifs is 1. The molecule has 4 rings (SSSR count). The fraction of sp³-hybridized carbons (Fsp3) is 0.450. The van der Waals surface area contributed by atoms with Crippen LogP contribution in [0.2, 0.25) is 0 Å². The van der Waals surface area contributed by atoms with Crippen molar-refractivity contribution in [2.75, 3.05) is 45.3 Å². The monoisotopic (exact) mass is 426 g/mol. The molecule has 1 aliphatic heterocycles. The minimum atomic E-state index is -0.0980. The second kappa shape index (κ2) is 9.02. The van der Waals surface area contributed by atoms with Gasteiger partial charge >= 0.3 is 6.03 Å². The third-order valence-corrected chi connectivity index (χ3v) is 5.34. The van der Waals surface area contributed by atoms with E-state index in [4.69, 9.17) is 9.47 Å². The van der Waals surface area contributed by atoms with Gasteiger partial charge in [-0.25, -0.2) is 19.4 Å². The van der Waals surface area contributed by atoms with Gasteiger partial charge in [-0.15, -0.1) is 5.10 Å². The fourth-order valence-electron chi connectivity index (χ4n) is 3.63. The molecule has 0 bridgehead atoms. The van der Waals surface area contributed by atoms with Crippen molar-refractivity contribution in [3.05, 3.63) is 30.1 Å². The molecule has 2 aromatic heterocycles. The molecule has 11 heteroatoms. The molecule has 1 N–H and O–H groups in total. The standard InChI is InChI=1S/C20H26N8O3/c1-4-28-19-17(24-25-28)18(22-13-23-19)26-7-9-27(10-8-26)20(29)21-12-14-5-6-15(30-2)16(11-14)31-3/h5-6,11,13H,4,7-10,12H2,1-3H3,(H,21,29). The van der Waals surface area contributed by atoms with Crippen molar-refractivity contribution < 1.29 is 14.3 Å². The van der Waals surface area contributed by atoms with E-state index in [0.717, 1.165) is 17.0 Å². The number of carbonyl (C=O) groups excluding carboxylic acids is 1. The number of hydrogen-bond donors (Lipinski definition) is 1. The number of carbonyl (C=O) groups is 1. The number of methoxy groups -OCH3 is 2. The van der Waals surface area contributed by atoms with Gasteiger partial charge in [0.2, 0.25) is 0 Å². The summed E-state index contributed by atoms with van der Waals surface area (Å²) in [6.45, 7) is 5.60. The lowest BCUT2D eigenvalue weighted by molar-refractivity contribution is 0.194. The zero-order valence-corrected chi connectivity index (χ0v) is 17.9. The Morgan fingerprint density at radius 3 is 2.58 bits per heavy atom. The van der Waals surface area contributed by atoms with Gasteiger partial charge in [0.25, 0.3) is 0 Å². The van der Waals surface area contributed by atoms with Crippen LogP contribution >= 0.6 is 0 Å². The molecule has 0 atom stereocenters. The van der Waals surface area contributed by atoms with E-state index in [-0.39, 0.29) is 6.03 Å².